The number of para-hydroxylation sites is 1. The molecule has 0 saturated heterocycles. The van der Waals surface area contributed by atoms with E-state index in [0.717, 1.165) is 17.0 Å². The Hall–Kier alpha value is -2.34. The van der Waals surface area contributed by atoms with E-state index in [0.29, 0.717) is 5.69 Å². The molecule has 0 heterocycles. The maximum absolute atomic E-state index is 12.5. The lowest BCUT2D eigenvalue weighted by atomic mass is 9.79. The van der Waals surface area contributed by atoms with E-state index in [1.165, 1.54) is 5.56 Å². The summed E-state index contributed by atoms with van der Waals surface area (Å²) in [5.74, 6) is -0.319. The summed E-state index contributed by atoms with van der Waals surface area (Å²) < 4.78 is 25.3. The number of hydrogen-bond acceptors (Lipinski definition) is 3. The highest BCUT2D eigenvalue weighted by molar-refractivity contribution is 7.92. The molecule has 1 unspecified atom stereocenters. The van der Waals surface area contributed by atoms with Crippen molar-refractivity contribution in [3.63, 3.8) is 0 Å². The van der Waals surface area contributed by atoms with E-state index in [1.54, 1.807) is 30.3 Å². The van der Waals surface area contributed by atoms with E-state index in [1.807, 2.05) is 25.1 Å². The summed E-state index contributed by atoms with van der Waals surface area (Å²) in [6, 6.07) is 18.7. The van der Waals surface area contributed by atoms with Gasteiger partial charge in [0.2, 0.25) is 15.9 Å². The number of carbonyl (C=O) groups excluding carboxylic acids is 1. The fourth-order valence-corrected chi connectivity index (χ4v) is 4.13. The third-order valence-corrected chi connectivity index (χ3v) is 5.65. The molecule has 27 heavy (non-hydrogen) atoms. The minimum Gasteiger partial charge on any atom is -0.352 e. The van der Waals surface area contributed by atoms with Crippen LogP contribution in [0, 0.1) is 0 Å². The maximum atomic E-state index is 12.5. The Morgan fingerprint density at radius 1 is 1.04 bits per heavy atom. The molecule has 146 valence electrons. The molecule has 2 rings (SSSR count). The molecular formula is C21H28N2O3S. The standard InChI is InChI=1S/C21H28N2O3S/c1-17(15-21(2,3)18-11-7-5-8-12-18)22-20(24)16-23(27(4,25)26)19-13-9-6-10-14-19/h5-14,17H,15-16H2,1-4H3,(H,22,24). The predicted octanol–water partition coefficient (Wildman–Crippen LogP) is 3.33. The molecule has 0 aliphatic heterocycles. The number of nitrogens with one attached hydrogen (secondary N) is 1. The van der Waals surface area contributed by atoms with E-state index in [9.17, 15) is 13.2 Å². The van der Waals surface area contributed by atoms with Gasteiger partial charge in [0, 0.05) is 6.04 Å². The third-order valence-electron chi connectivity index (χ3n) is 4.51. The van der Waals surface area contributed by atoms with Crippen LogP contribution in [0.25, 0.3) is 0 Å². The Morgan fingerprint density at radius 2 is 1.56 bits per heavy atom. The van der Waals surface area contributed by atoms with Gasteiger partial charge in [-0.1, -0.05) is 62.4 Å². The average molecular weight is 389 g/mol. The lowest BCUT2D eigenvalue weighted by molar-refractivity contribution is -0.120. The van der Waals surface area contributed by atoms with Crippen LogP contribution >= 0.6 is 0 Å². The van der Waals surface area contributed by atoms with Crippen LogP contribution in [0.1, 0.15) is 32.8 Å². The zero-order valence-electron chi connectivity index (χ0n) is 16.3. The summed E-state index contributed by atoms with van der Waals surface area (Å²) in [6.45, 7) is 5.98. The van der Waals surface area contributed by atoms with Gasteiger partial charge in [0.15, 0.2) is 0 Å². The number of carbonyl (C=O) groups is 1. The van der Waals surface area contributed by atoms with Crippen molar-refractivity contribution in [3.05, 3.63) is 66.2 Å². The largest absolute Gasteiger partial charge is 0.352 e. The SMILES string of the molecule is CC(CC(C)(C)c1ccccc1)NC(=O)CN(c1ccccc1)S(C)(=O)=O. The van der Waals surface area contributed by atoms with Crippen molar-refractivity contribution in [1.82, 2.24) is 5.32 Å². The fraction of sp³-hybridized carbons (Fsp3) is 0.381. The highest BCUT2D eigenvalue weighted by atomic mass is 32.2. The highest BCUT2D eigenvalue weighted by Gasteiger charge is 2.26. The molecule has 5 nitrogen and oxygen atoms in total. The van der Waals surface area contributed by atoms with E-state index >= 15 is 0 Å². The highest BCUT2D eigenvalue weighted by Crippen LogP contribution is 2.28. The Balaban J connectivity index is 2.03. The smallest absolute Gasteiger partial charge is 0.240 e. The third kappa shape index (κ3) is 6.10. The molecule has 1 N–H and O–H groups in total. The molecular weight excluding hydrogens is 360 g/mol. The van der Waals surface area contributed by atoms with Crippen molar-refractivity contribution >= 4 is 21.6 Å². The zero-order valence-corrected chi connectivity index (χ0v) is 17.2. The number of sulfonamides is 1. The molecule has 0 fully saturated rings. The Labute approximate surface area is 162 Å². The first-order chi connectivity index (χ1) is 12.6. The molecule has 2 aromatic rings. The van der Waals surface area contributed by atoms with E-state index in [-0.39, 0.29) is 23.9 Å². The normalized spacial score (nSPS) is 13.0. The van der Waals surface area contributed by atoms with Crippen molar-refractivity contribution in [2.24, 2.45) is 0 Å². The first-order valence-electron chi connectivity index (χ1n) is 8.97. The van der Waals surface area contributed by atoms with Gasteiger partial charge in [-0.3, -0.25) is 9.10 Å². The lowest BCUT2D eigenvalue weighted by Crippen LogP contribution is -2.44. The van der Waals surface area contributed by atoms with Gasteiger partial charge in [0.1, 0.15) is 6.54 Å². The van der Waals surface area contributed by atoms with Gasteiger partial charge in [-0.25, -0.2) is 8.42 Å². The molecule has 0 radical (unpaired) electrons. The molecule has 0 saturated carbocycles. The van der Waals surface area contributed by atoms with E-state index in [2.05, 4.69) is 31.3 Å². The van der Waals surface area contributed by atoms with E-state index in [4.69, 9.17) is 0 Å². The van der Waals surface area contributed by atoms with Gasteiger partial charge in [0.05, 0.1) is 11.9 Å². The van der Waals surface area contributed by atoms with Gasteiger partial charge in [-0.2, -0.15) is 0 Å². The molecule has 0 bridgehead atoms. The molecule has 0 spiro atoms. The molecule has 0 aliphatic carbocycles. The summed E-state index contributed by atoms with van der Waals surface area (Å²) in [4.78, 5) is 12.5. The molecule has 1 atom stereocenters. The van der Waals surface area contributed by atoms with Crippen molar-refractivity contribution in [3.8, 4) is 0 Å². The number of anilines is 1. The first kappa shape index (κ1) is 21.0. The second-order valence-electron chi connectivity index (χ2n) is 7.53. The van der Waals surface area contributed by atoms with Crippen LogP contribution in [0.2, 0.25) is 0 Å². The fourth-order valence-electron chi connectivity index (χ4n) is 3.27. The van der Waals surface area contributed by atoms with Crippen molar-refractivity contribution < 1.29 is 13.2 Å². The van der Waals surface area contributed by atoms with Gasteiger partial charge >= 0.3 is 0 Å². The van der Waals surface area contributed by atoms with Crippen LogP contribution in [0.15, 0.2) is 60.7 Å². The molecule has 0 aromatic heterocycles. The van der Waals surface area contributed by atoms with Gasteiger partial charge in [0.25, 0.3) is 0 Å². The summed E-state index contributed by atoms with van der Waals surface area (Å²) >= 11 is 0. The van der Waals surface area contributed by atoms with Gasteiger partial charge in [-0.05, 0) is 36.5 Å². The van der Waals surface area contributed by atoms with Crippen molar-refractivity contribution in [2.75, 3.05) is 17.1 Å². The Morgan fingerprint density at radius 3 is 2.07 bits per heavy atom. The second kappa shape index (κ2) is 8.57. The van der Waals surface area contributed by atoms with Crippen LogP contribution < -0.4 is 9.62 Å². The van der Waals surface area contributed by atoms with Crippen molar-refractivity contribution in [1.29, 1.82) is 0 Å². The summed E-state index contributed by atoms with van der Waals surface area (Å²) in [7, 11) is -3.55. The van der Waals surface area contributed by atoms with Crippen LogP contribution in [-0.4, -0.2) is 33.2 Å². The van der Waals surface area contributed by atoms with Crippen LogP contribution in [0.3, 0.4) is 0 Å². The lowest BCUT2D eigenvalue weighted by Gasteiger charge is -2.30. The number of amides is 1. The van der Waals surface area contributed by atoms with E-state index < -0.39 is 10.0 Å². The monoisotopic (exact) mass is 388 g/mol. The van der Waals surface area contributed by atoms with Gasteiger partial charge in [-0.15, -0.1) is 0 Å². The quantitative estimate of drug-likeness (QED) is 0.754. The summed E-state index contributed by atoms with van der Waals surface area (Å²) in [5.41, 5.74) is 1.57. The average Bonchev–Trinajstić information content (AvgIpc) is 2.59. The first-order valence-corrected chi connectivity index (χ1v) is 10.8. The Bertz CT molecular complexity index is 850. The number of benzene rings is 2. The number of hydrogen-bond donors (Lipinski definition) is 1. The Kier molecular flexibility index (Phi) is 6.65. The number of nitrogens with zero attached hydrogens (tertiary/aromatic N) is 1. The minimum atomic E-state index is -3.55. The predicted molar refractivity (Wildman–Crippen MR) is 110 cm³/mol. The topological polar surface area (TPSA) is 66.5 Å². The molecule has 2 aromatic carbocycles. The van der Waals surface area contributed by atoms with Crippen LogP contribution in [0.5, 0.6) is 0 Å². The molecule has 0 aliphatic rings. The molecule has 6 heteroatoms. The summed E-state index contributed by atoms with van der Waals surface area (Å²) in [5, 5.41) is 2.93. The maximum Gasteiger partial charge on any atom is 0.240 e. The van der Waals surface area contributed by atoms with Crippen LogP contribution in [-0.2, 0) is 20.2 Å². The molecule has 1 amide bonds. The second-order valence-corrected chi connectivity index (χ2v) is 9.43. The minimum absolute atomic E-state index is 0.0927. The van der Waals surface area contributed by atoms with Crippen molar-refractivity contribution in [2.45, 2.75) is 38.6 Å². The summed E-state index contributed by atoms with van der Waals surface area (Å²) in [6.07, 6.45) is 1.85. The zero-order chi connectivity index (χ0) is 20.1. The van der Waals surface area contributed by atoms with Crippen LogP contribution in [0.4, 0.5) is 5.69 Å². The van der Waals surface area contributed by atoms with Gasteiger partial charge < -0.3 is 5.32 Å². The number of rotatable bonds is 8.